The summed E-state index contributed by atoms with van der Waals surface area (Å²) in [5.41, 5.74) is -0.528. The first kappa shape index (κ1) is 20.1. The molecule has 3 N–H and O–H groups in total. The van der Waals surface area contributed by atoms with E-state index in [1.54, 1.807) is 19.0 Å². The molecular weight excluding hydrogens is 310 g/mol. The maximum absolute atomic E-state index is 11.8. The minimum absolute atomic E-state index is 0.0202. The van der Waals surface area contributed by atoms with Crippen molar-refractivity contribution in [2.45, 2.75) is 39.7 Å². The van der Waals surface area contributed by atoms with Crippen LogP contribution in [0.3, 0.4) is 0 Å². The highest BCUT2D eigenvalue weighted by molar-refractivity contribution is 5.84. The predicted molar refractivity (Wildman–Crippen MR) is 94.0 cm³/mol. The second-order valence-corrected chi connectivity index (χ2v) is 6.49. The van der Waals surface area contributed by atoms with E-state index < -0.39 is 5.41 Å². The average molecular weight is 341 g/mol. The summed E-state index contributed by atoms with van der Waals surface area (Å²) in [7, 11) is 3.34. The predicted octanol–water partition coefficient (Wildman–Crippen LogP) is 0.545. The summed E-state index contributed by atoms with van der Waals surface area (Å²) in [6.07, 6.45) is 1.42. The molecule has 24 heavy (non-hydrogen) atoms. The highest BCUT2D eigenvalue weighted by Crippen LogP contribution is 2.14. The fourth-order valence-electron chi connectivity index (χ4n) is 2.53. The van der Waals surface area contributed by atoms with Gasteiger partial charge in [-0.3, -0.25) is 9.79 Å². The van der Waals surface area contributed by atoms with Crippen molar-refractivity contribution in [3.8, 4) is 0 Å². The number of nitrogens with zero attached hydrogens (tertiary/aromatic N) is 2. The summed E-state index contributed by atoms with van der Waals surface area (Å²) in [6.45, 7) is 7.77. The number of nitrogens with one attached hydrogen (secondary N) is 3. The fraction of sp³-hybridized carbons (Fsp3) is 0.812. The smallest absolute Gasteiger partial charge is 0.409 e. The lowest BCUT2D eigenvalue weighted by atomic mass is 9.92. The van der Waals surface area contributed by atoms with Gasteiger partial charge in [-0.05, 0) is 33.6 Å². The molecule has 0 bridgehead atoms. The van der Waals surface area contributed by atoms with Crippen LogP contribution in [-0.2, 0) is 9.53 Å². The Bertz CT molecular complexity index is 457. The average Bonchev–Trinajstić information content (AvgIpc) is 2.58. The van der Waals surface area contributed by atoms with Gasteiger partial charge < -0.3 is 25.6 Å². The van der Waals surface area contributed by atoms with Crippen molar-refractivity contribution in [1.82, 2.24) is 20.9 Å². The highest BCUT2D eigenvalue weighted by Gasteiger charge is 2.28. The van der Waals surface area contributed by atoms with Crippen LogP contribution in [0.4, 0.5) is 4.79 Å². The number of amides is 2. The van der Waals surface area contributed by atoms with E-state index in [9.17, 15) is 9.59 Å². The molecule has 0 aromatic rings. The zero-order valence-electron chi connectivity index (χ0n) is 15.4. The normalized spacial score (nSPS) is 16.5. The van der Waals surface area contributed by atoms with E-state index >= 15 is 0 Å². The van der Waals surface area contributed by atoms with Gasteiger partial charge in [0.05, 0.1) is 12.0 Å². The fourth-order valence-corrected chi connectivity index (χ4v) is 2.53. The van der Waals surface area contributed by atoms with Crippen LogP contribution in [0.15, 0.2) is 4.99 Å². The number of guanidine groups is 1. The second kappa shape index (κ2) is 9.34. The molecule has 0 unspecified atom stereocenters. The summed E-state index contributed by atoms with van der Waals surface area (Å²) in [4.78, 5) is 29.5. The number of ether oxygens (including phenoxy) is 1. The standard InChI is InChI=1S/C16H31N5O3/c1-6-24-15(23)21-9-7-12(8-10-21)20-14(18-5)19-11-16(2,3)13(22)17-4/h12H,6-11H2,1-5H3,(H,17,22)(H2,18,19,20). The Labute approximate surface area is 144 Å². The largest absolute Gasteiger partial charge is 0.450 e. The molecule has 1 rings (SSSR count). The van der Waals surface area contributed by atoms with Gasteiger partial charge in [0.25, 0.3) is 0 Å². The van der Waals surface area contributed by atoms with Gasteiger partial charge in [0.2, 0.25) is 5.91 Å². The van der Waals surface area contributed by atoms with E-state index in [4.69, 9.17) is 4.74 Å². The van der Waals surface area contributed by atoms with E-state index in [0.29, 0.717) is 32.2 Å². The number of likely N-dealkylation sites (tertiary alicyclic amines) is 1. The molecule has 1 fully saturated rings. The van der Waals surface area contributed by atoms with E-state index in [2.05, 4.69) is 20.9 Å². The molecular formula is C16H31N5O3. The van der Waals surface area contributed by atoms with Gasteiger partial charge in [0.1, 0.15) is 0 Å². The first-order valence-electron chi connectivity index (χ1n) is 8.45. The number of piperidine rings is 1. The van der Waals surface area contributed by atoms with Crippen molar-refractivity contribution in [2.75, 3.05) is 40.3 Å². The van der Waals surface area contributed by atoms with Crippen molar-refractivity contribution < 1.29 is 14.3 Å². The Balaban J connectivity index is 2.42. The maximum atomic E-state index is 11.8. The quantitative estimate of drug-likeness (QED) is 0.501. The van der Waals surface area contributed by atoms with Gasteiger partial charge in [-0.2, -0.15) is 0 Å². The van der Waals surface area contributed by atoms with Gasteiger partial charge in [-0.15, -0.1) is 0 Å². The molecule has 1 aliphatic heterocycles. The van der Waals surface area contributed by atoms with Crippen LogP contribution in [-0.4, -0.2) is 69.2 Å². The molecule has 0 atom stereocenters. The van der Waals surface area contributed by atoms with E-state index in [0.717, 1.165) is 12.8 Å². The Morgan fingerprint density at radius 2 is 1.92 bits per heavy atom. The van der Waals surface area contributed by atoms with Gasteiger partial charge in [-0.1, -0.05) is 0 Å². The minimum Gasteiger partial charge on any atom is -0.450 e. The van der Waals surface area contributed by atoms with Gasteiger partial charge in [0.15, 0.2) is 5.96 Å². The molecule has 0 aromatic heterocycles. The number of rotatable bonds is 5. The monoisotopic (exact) mass is 341 g/mol. The van der Waals surface area contributed by atoms with Crippen LogP contribution in [0, 0.1) is 5.41 Å². The van der Waals surface area contributed by atoms with Gasteiger partial charge >= 0.3 is 6.09 Å². The summed E-state index contributed by atoms with van der Waals surface area (Å²) in [5, 5.41) is 9.22. The van der Waals surface area contributed by atoms with Crippen molar-refractivity contribution in [3.63, 3.8) is 0 Å². The molecule has 0 spiro atoms. The number of aliphatic imine (C=N–C) groups is 1. The van der Waals surface area contributed by atoms with E-state index in [-0.39, 0.29) is 18.0 Å². The summed E-state index contributed by atoms with van der Waals surface area (Å²) < 4.78 is 5.02. The molecule has 0 saturated carbocycles. The van der Waals surface area contributed by atoms with Crippen LogP contribution < -0.4 is 16.0 Å². The zero-order valence-corrected chi connectivity index (χ0v) is 15.4. The van der Waals surface area contributed by atoms with Crippen molar-refractivity contribution in [3.05, 3.63) is 0 Å². The Hall–Kier alpha value is -1.99. The van der Waals surface area contributed by atoms with Gasteiger partial charge in [0, 0.05) is 39.8 Å². The molecule has 0 aromatic carbocycles. The third-order valence-corrected chi connectivity index (χ3v) is 4.12. The summed E-state index contributed by atoms with van der Waals surface area (Å²) in [6, 6.07) is 0.241. The number of carbonyl (C=O) groups excluding carboxylic acids is 2. The molecule has 8 nitrogen and oxygen atoms in total. The number of hydrogen-bond donors (Lipinski definition) is 3. The lowest BCUT2D eigenvalue weighted by molar-refractivity contribution is -0.128. The summed E-state index contributed by atoms with van der Waals surface area (Å²) >= 11 is 0. The SMILES string of the molecule is CCOC(=O)N1CCC(NC(=NC)NCC(C)(C)C(=O)NC)CC1. The van der Waals surface area contributed by atoms with Crippen molar-refractivity contribution in [1.29, 1.82) is 0 Å². The minimum atomic E-state index is -0.528. The Morgan fingerprint density at radius 3 is 2.42 bits per heavy atom. The molecule has 1 heterocycles. The molecule has 0 aliphatic carbocycles. The van der Waals surface area contributed by atoms with Gasteiger partial charge in [-0.25, -0.2) is 4.79 Å². The third-order valence-electron chi connectivity index (χ3n) is 4.12. The molecule has 8 heteroatoms. The Morgan fingerprint density at radius 1 is 1.29 bits per heavy atom. The zero-order chi connectivity index (χ0) is 18.2. The molecule has 0 radical (unpaired) electrons. The van der Waals surface area contributed by atoms with E-state index in [1.807, 2.05) is 20.8 Å². The van der Waals surface area contributed by atoms with Crippen LogP contribution >= 0.6 is 0 Å². The maximum Gasteiger partial charge on any atom is 0.409 e. The summed E-state index contributed by atoms with van der Waals surface area (Å²) in [5.74, 6) is 0.648. The molecule has 138 valence electrons. The van der Waals surface area contributed by atoms with Crippen LogP contribution in [0.25, 0.3) is 0 Å². The van der Waals surface area contributed by atoms with Crippen LogP contribution in [0.2, 0.25) is 0 Å². The Kier molecular flexibility index (Phi) is 7.81. The second-order valence-electron chi connectivity index (χ2n) is 6.49. The number of hydrogen-bond acceptors (Lipinski definition) is 4. The van der Waals surface area contributed by atoms with Crippen LogP contribution in [0.1, 0.15) is 33.6 Å². The highest BCUT2D eigenvalue weighted by atomic mass is 16.6. The number of carbonyl (C=O) groups is 2. The van der Waals surface area contributed by atoms with E-state index in [1.165, 1.54) is 0 Å². The molecule has 2 amide bonds. The topological polar surface area (TPSA) is 95.1 Å². The first-order chi connectivity index (χ1) is 11.3. The molecule has 1 aliphatic rings. The molecule has 1 saturated heterocycles. The third kappa shape index (κ3) is 5.90. The van der Waals surface area contributed by atoms with Crippen molar-refractivity contribution in [2.24, 2.45) is 10.4 Å². The lowest BCUT2D eigenvalue weighted by Gasteiger charge is -2.33. The first-order valence-corrected chi connectivity index (χ1v) is 8.45. The van der Waals surface area contributed by atoms with Crippen molar-refractivity contribution >= 4 is 18.0 Å². The van der Waals surface area contributed by atoms with Crippen LogP contribution in [0.5, 0.6) is 0 Å². The lowest BCUT2D eigenvalue weighted by Crippen LogP contribution is -2.52.